The van der Waals surface area contributed by atoms with E-state index in [9.17, 15) is 0 Å². The highest BCUT2D eigenvalue weighted by molar-refractivity contribution is 6.28. The van der Waals surface area contributed by atoms with Gasteiger partial charge in [0.2, 0.25) is 0 Å². The molecule has 1 heterocycles. The van der Waals surface area contributed by atoms with Crippen LogP contribution < -0.4 is 4.90 Å². The molecule has 0 atom stereocenters. The summed E-state index contributed by atoms with van der Waals surface area (Å²) in [5.41, 5.74) is 9.93. The molecule has 1 aromatic heterocycles. The molecule has 46 heavy (non-hydrogen) atoms. The molecule has 2 heteroatoms. The molecule has 0 bridgehead atoms. The predicted octanol–water partition coefficient (Wildman–Crippen LogP) is 12.7. The lowest BCUT2D eigenvalue weighted by Gasteiger charge is -2.29. The van der Waals surface area contributed by atoms with Gasteiger partial charge in [0.1, 0.15) is 11.2 Å². The van der Waals surface area contributed by atoms with Gasteiger partial charge in [-0.3, -0.25) is 0 Å². The monoisotopic (exact) mass is 587 g/mol. The summed E-state index contributed by atoms with van der Waals surface area (Å²) in [6, 6.07) is 62.7. The summed E-state index contributed by atoms with van der Waals surface area (Å²) in [6.07, 6.45) is 0. The third-order valence-corrected chi connectivity index (χ3v) is 9.06. The van der Waals surface area contributed by atoms with Crippen molar-refractivity contribution in [2.75, 3.05) is 4.90 Å². The summed E-state index contributed by atoms with van der Waals surface area (Å²) < 4.78 is 6.33. The fraction of sp³-hybridized carbons (Fsp3) is 0. The molecular weight excluding hydrogens is 558 g/mol. The summed E-state index contributed by atoms with van der Waals surface area (Å²) in [7, 11) is 0. The van der Waals surface area contributed by atoms with Crippen LogP contribution in [0.5, 0.6) is 0 Å². The van der Waals surface area contributed by atoms with Crippen molar-refractivity contribution >= 4 is 60.5 Å². The van der Waals surface area contributed by atoms with Crippen molar-refractivity contribution in [2.24, 2.45) is 0 Å². The summed E-state index contributed by atoms with van der Waals surface area (Å²) in [6.45, 7) is 0. The summed E-state index contributed by atoms with van der Waals surface area (Å²) in [5.74, 6) is 0. The Hall–Kier alpha value is -6.12. The molecule has 0 unspecified atom stereocenters. The zero-order valence-corrected chi connectivity index (χ0v) is 25.1. The zero-order chi connectivity index (χ0) is 30.5. The van der Waals surface area contributed by atoms with Crippen LogP contribution in [0.4, 0.5) is 17.1 Å². The number of furan rings is 1. The standard InChI is InChI=1S/C44H29NO/c1-3-12-30(13-4-1)31-22-26-34(27-23-31)45(39-19-9-7-16-35(39)32-14-5-2-6-15-32)40-20-11-18-37-36(40)28-24-33-25-29-42-44(43(33)37)38-17-8-10-21-41(38)46-42/h1-29H. The lowest BCUT2D eigenvalue weighted by Crippen LogP contribution is -2.11. The second-order valence-corrected chi connectivity index (χ2v) is 11.7. The van der Waals surface area contributed by atoms with Crippen LogP contribution in [-0.4, -0.2) is 0 Å². The van der Waals surface area contributed by atoms with Gasteiger partial charge in [-0.25, -0.2) is 0 Å². The van der Waals surface area contributed by atoms with Gasteiger partial charge in [0.05, 0.1) is 11.4 Å². The number of benzene rings is 8. The van der Waals surface area contributed by atoms with Crippen LogP contribution in [0.15, 0.2) is 180 Å². The minimum Gasteiger partial charge on any atom is -0.456 e. The first-order chi connectivity index (χ1) is 22.8. The Morgan fingerprint density at radius 3 is 1.80 bits per heavy atom. The maximum absolute atomic E-state index is 6.33. The summed E-state index contributed by atoms with van der Waals surface area (Å²) in [5, 5.41) is 7.12. The van der Waals surface area contributed by atoms with Crippen LogP contribution in [0.1, 0.15) is 0 Å². The van der Waals surface area contributed by atoms with Gasteiger partial charge in [-0.1, -0.05) is 140 Å². The minimum absolute atomic E-state index is 0.911. The lowest BCUT2D eigenvalue weighted by molar-refractivity contribution is 0.669. The molecule has 9 rings (SSSR count). The van der Waals surface area contributed by atoms with Gasteiger partial charge < -0.3 is 9.32 Å². The molecule has 216 valence electrons. The molecular formula is C44H29NO. The van der Waals surface area contributed by atoms with Gasteiger partial charge in [-0.15, -0.1) is 0 Å². The van der Waals surface area contributed by atoms with E-state index in [4.69, 9.17) is 4.42 Å². The van der Waals surface area contributed by atoms with Gasteiger partial charge in [0.15, 0.2) is 0 Å². The Balaban J connectivity index is 1.33. The second-order valence-electron chi connectivity index (χ2n) is 11.7. The van der Waals surface area contributed by atoms with Gasteiger partial charge in [0, 0.05) is 32.8 Å². The Bertz CT molecular complexity index is 2510. The predicted molar refractivity (Wildman–Crippen MR) is 194 cm³/mol. The maximum atomic E-state index is 6.33. The molecule has 8 aromatic carbocycles. The molecule has 9 aromatic rings. The Labute approximate surface area is 267 Å². The highest BCUT2D eigenvalue weighted by Crippen LogP contribution is 2.46. The van der Waals surface area contributed by atoms with Crippen molar-refractivity contribution in [3.63, 3.8) is 0 Å². The van der Waals surface area contributed by atoms with E-state index in [1.54, 1.807) is 0 Å². The summed E-state index contributed by atoms with van der Waals surface area (Å²) in [4.78, 5) is 2.42. The maximum Gasteiger partial charge on any atom is 0.136 e. The van der Waals surface area contributed by atoms with Gasteiger partial charge >= 0.3 is 0 Å². The van der Waals surface area contributed by atoms with Crippen molar-refractivity contribution < 1.29 is 4.42 Å². The SMILES string of the molecule is c1ccc(-c2ccc(N(c3ccccc3-c3ccccc3)c3cccc4c3ccc3ccc5oc6ccccc6c5c34)cc2)cc1. The number of hydrogen-bond acceptors (Lipinski definition) is 2. The smallest absolute Gasteiger partial charge is 0.136 e. The number of para-hydroxylation sites is 2. The van der Waals surface area contributed by atoms with E-state index in [1.807, 2.05) is 6.07 Å². The van der Waals surface area contributed by atoms with Gasteiger partial charge in [0.25, 0.3) is 0 Å². The van der Waals surface area contributed by atoms with E-state index in [0.29, 0.717) is 0 Å². The topological polar surface area (TPSA) is 16.4 Å². The van der Waals surface area contributed by atoms with E-state index in [2.05, 4.69) is 175 Å². The van der Waals surface area contributed by atoms with Crippen LogP contribution >= 0.6 is 0 Å². The van der Waals surface area contributed by atoms with Gasteiger partial charge in [-0.05, 0) is 63.9 Å². The van der Waals surface area contributed by atoms with Crippen LogP contribution in [0.3, 0.4) is 0 Å². The third kappa shape index (κ3) is 4.27. The van der Waals surface area contributed by atoms with Crippen LogP contribution in [-0.2, 0) is 0 Å². The molecule has 0 fully saturated rings. The van der Waals surface area contributed by atoms with E-state index < -0.39 is 0 Å². The molecule has 0 aliphatic rings. The first-order valence-corrected chi connectivity index (χ1v) is 15.7. The van der Waals surface area contributed by atoms with Crippen molar-refractivity contribution in [2.45, 2.75) is 0 Å². The minimum atomic E-state index is 0.911. The highest BCUT2D eigenvalue weighted by atomic mass is 16.3. The lowest BCUT2D eigenvalue weighted by atomic mass is 9.95. The number of rotatable bonds is 5. The van der Waals surface area contributed by atoms with Crippen molar-refractivity contribution in [3.05, 3.63) is 176 Å². The van der Waals surface area contributed by atoms with Crippen molar-refractivity contribution in [1.29, 1.82) is 0 Å². The number of anilines is 3. The molecule has 0 saturated carbocycles. The van der Waals surface area contributed by atoms with Crippen LogP contribution in [0.2, 0.25) is 0 Å². The molecule has 0 N–H and O–H groups in total. The Morgan fingerprint density at radius 1 is 0.348 bits per heavy atom. The molecule has 0 saturated heterocycles. The van der Waals surface area contributed by atoms with E-state index in [1.165, 1.54) is 49.2 Å². The third-order valence-electron chi connectivity index (χ3n) is 9.06. The fourth-order valence-corrected chi connectivity index (χ4v) is 6.95. The fourth-order valence-electron chi connectivity index (χ4n) is 6.95. The summed E-state index contributed by atoms with van der Waals surface area (Å²) >= 11 is 0. The molecule has 0 aliphatic carbocycles. The average Bonchev–Trinajstić information content (AvgIpc) is 3.52. The highest BCUT2D eigenvalue weighted by Gasteiger charge is 2.21. The largest absolute Gasteiger partial charge is 0.456 e. The van der Waals surface area contributed by atoms with Crippen LogP contribution in [0.25, 0.3) is 65.7 Å². The average molecular weight is 588 g/mol. The van der Waals surface area contributed by atoms with Gasteiger partial charge in [-0.2, -0.15) is 0 Å². The Morgan fingerprint density at radius 2 is 0.978 bits per heavy atom. The van der Waals surface area contributed by atoms with Crippen molar-refractivity contribution in [1.82, 2.24) is 0 Å². The normalized spacial score (nSPS) is 11.5. The second kappa shape index (κ2) is 10.8. The quantitative estimate of drug-likeness (QED) is 0.186. The van der Waals surface area contributed by atoms with E-state index in [0.717, 1.165) is 33.6 Å². The first kappa shape index (κ1) is 26.3. The van der Waals surface area contributed by atoms with E-state index in [-0.39, 0.29) is 0 Å². The number of hydrogen-bond donors (Lipinski definition) is 0. The number of nitrogens with zero attached hydrogens (tertiary/aromatic N) is 1. The van der Waals surface area contributed by atoms with Crippen molar-refractivity contribution in [3.8, 4) is 22.3 Å². The molecule has 0 amide bonds. The zero-order valence-electron chi connectivity index (χ0n) is 25.1. The number of fused-ring (bicyclic) bond motifs is 7. The van der Waals surface area contributed by atoms with Crippen LogP contribution in [0, 0.1) is 0 Å². The molecule has 0 radical (unpaired) electrons. The molecule has 2 nitrogen and oxygen atoms in total. The van der Waals surface area contributed by atoms with E-state index >= 15 is 0 Å². The molecule has 0 aliphatic heterocycles. The molecule has 0 spiro atoms. The Kier molecular flexibility index (Phi) is 6.17. The first-order valence-electron chi connectivity index (χ1n) is 15.7.